The lowest BCUT2D eigenvalue weighted by Crippen LogP contribution is -2.37. The zero-order valence-corrected chi connectivity index (χ0v) is 19.8. The molecule has 2 aromatic carbocycles. The summed E-state index contributed by atoms with van der Waals surface area (Å²) < 4.78 is 7.07. The van der Waals surface area contributed by atoms with Crippen molar-refractivity contribution in [2.75, 3.05) is 17.7 Å². The lowest BCUT2D eigenvalue weighted by Gasteiger charge is -2.39. The smallest absolute Gasteiger partial charge is 0.261 e. The number of nitrogens with one attached hydrogen (secondary N) is 2. The molecule has 1 unspecified atom stereocenters. The second-order valence-corrected chi connectivity index (χ2v) is 9.81. The number of hydrogen-bond acceptors (Lipinski definition) is 5. The number of aryl methyl sites for hydroxylation is 1. The second kappa shape index (κ2) is 8.17. The number of benzene rings is 2. The molecule has 2 N–H and O–H groups in total. The molecule has 0 saturated carbocycles. The summed E-state index contributed by atoms with van der Waals surface area (Å²) in [6.45, 7) is 6.17. The van der Waals surface area contributed by atoms with Crippen LogP contribution in [-0.4, -0.2) is 28.6 Å². The third kappa shape index (κ3) is 3.87. The molecule has 1 aliphatic carbocycles. The van der Waals surface area contributed by atoms with Gasteiger partial charge in [0.05, 0.1) is 13.3 Å². The number of fused-ring (bicyclic) bond motifs is 1. The van der Waals surface area contributed by atoms with Crippen molar-refractivity contribution in [3.8, 4) is 5.75 Å². The molecule has 7 nitrogen and oxygen atoms in total. The maximum atomic E-state index is 13.3. The van der Waals surface area contributed by atoms with E-state index in [9.17, 15) is 9.59 Å². The van der Waals surface area contributed by atoms with Gasteiger partial charge in [-0.25, -0.2) is 4.68 Å². The molecule has 1 aromatic heterocycles. The minimum absolute atomic E-state index is 0.103. The highest BCUT2D eigenvalue weighted by atomic mass is 16.5. The van der Waals surface area contributed by atoms with E-state index < -0.39 is 6.04 Å². The molecule has 3 aromatic rings. The first-order valence-electron chi connectivity index (χ1n) is 11.4. The molecule has 0 radical (unpaired) electrons. The Hall–Kier alpha value is -3.87. The molecule has 0 fully saturated rings. The summed E-state index contributed by atoms with van der Waals surface area (Å²) in [5.41, 5.74) is 4.54. The molecule has 0 bridgehead atoms. The summed E-state index contributed by atoms with van der Waals surface area (Å²) in [6.07, 6.45) is 2.75. The lowest BCUT2D eigenvalue weighted by atomic mass is 9.73. The van der Waals surface area contributed by atoms with Crippen molar-refractivity contribution in [1.29, 1.82) is 0 Å². The van der Waals surface area contributed by atoms with E-state index in [1.165, 1.54) is 0 Å². The van der Waals surface area contributed by atoms with Crippen LogP contribution in [0.4, 0.5) is 11.5 Å². The summed E-state index contributed by atoms with van der Waals surface area (Å²) in [5, 5.41) is 11.0. The number of aromatic nitrogens is 2. The van der Waals surface area contributed by atoms with Crippen LogP contribution >= 0.6 is 0 Å². The maximum Gasteiger partial charge on any atom is 0.261 e. The Morgan fingerprint density at radius 2 is 1.94 bits per heavy atom. The second-order valence-electron chi connectivity index (χ2n) is 9.81. The number of anilines is 2. The van der Waals surface area contributed by atoms with Gasteiger partial charge in [-0.2, -0.15) is 5.10 Å². The quantitative estimate of drug-likeness (QED) is 0.570. The molecule has 5 rings (SSSR count). The molecule has 1 amide bonds. The van der Waals surface area contributed by atoms with E-state index in [0.717, 1.165) is 28.3 Å². The van der Waals surface area contributed by atoms with Gasteiger partial charge in [0.15, 0.2) is 5.78 Å². The Morgan fingerprint density at radius 1 is 1.18 bits per heavy atom. The van der Waals surface area contributed by atoms with E-state index in [0.29, 0.717) is 29.8 Å². The van der Waals surface area contributed by atoms with Gasteiger partial charge in [-0.15, -0.1) is 0 Å². The number of methoxy groups -OCH3 is 1. The molecule has 7 heteroatoms. The Morgan fingerprint density at radius 3 is 2.65 bits per heavy atom. The van der Waals surface area contributed by atoms with Crippen molar-refractivity contribution in [3.05, 3.63) is 82.7 Å². The molecule has 1 aliphatic heterocycles. The molecule has 2 aliphatic rings. The SMILES string of the molecule is COc1ccc(C2C3=C(CC(C)(C)CC3=O)Nc3c(C(=O)Nc4cccc(C)c4)cnn32)cc1. The predicted octanol–water partition coefficient (Wildman–Crippen LogP) is 5.11. The van der Waals surface area contributed by atoms with Crippen LogP contribution in [0.3, 0.4) is 0 Å². The molecular formula is C27H28N4O3. The zero-order chi connectivity index (χ0) is 24.0. The third-order valence-corrected chi connectivity index (χ3v) is 6.45. The molecule has 0 spiro atoms. The number of hydrogen-bond donors (Lipinski definition) is 2. The Bertz CT molecular complexity index is 1320. The van der Waals surface area contributed by atoms with Crippen LogP contribution in [0.15, 0.2) is 66.0 Å². The van der Waals surface area contributed by atoms with E-state index in [2.05, 4.69) is 29.6 Å². The Balaban J connectivity index is 1.59. The van der Waals surface area contributed by atoms with Gasteiger partial charge in [0.2, 0.25) is 0 Å². The first-order chi connectivity index (χ1) is 16.3. The number of Topliss-reactive ketones (excluding diaryl/α,β-unsaturated/α-hetero) is 1. The summed E-state index contributed by atoms with van der Waals surface area (Å²) in [4.78, 5) is 26.6. The fraction of sp³-hybridized carbons (Fsp3) is 0.296. The van der Waals surface area contributed by atoms with Crippen molar-refractivity contribution < 1.29 is 14.3 Å². The predicted molar refractivity (Wildman–Crippen MR) is 131 cm³/mol. The normalized spacial score (nSPS) is 18.6. The van der Waals surface area contributed by atoms with E-state index in [4.69, 9.17) is 4.74 Å². The van der Waals surface area contributed by atoms with Crippen LogP contribution in [-0.2, 0) is 4.79 Å². The summed E-state index contributed by atoms with van der Waals surface area (Å²) >= 11 is 0. The van der Waals surface area contributed by atoms with Crippen LogP contribution in [0.5, 0.6) is 5.75 Å². The minimum Gasteiger partial charge on any atom is -0.497 e. The minimum atomic E-state index is -0.415. The van der Waals surface area contributed by atoms with Gasteiger partial charge in [0, 0.05) is 23.4 Å². The fourth-order valence-electron chi connectivity index (χ4n) is 4.89. The highest BCUT2D eigenvalue weighted by Crippen LogP contribution is 2.46. The number of ether oxygens (including phenoxy) is 1. The Labute approximate surface area is 198 Å². The number of rotatable bonds is 4. The highest BCUT2D eigenvalue weighted by molar-refractivity contribution is 6.08. The Kier molecular flexibility index (Phi) is 5.27. The zero-order valence-electron chi connectivity index (χ0n) is 19.8. The summed E-state index contributed by atoms with van der Waals surface area (Å²) in [5.74, 6) is 1.18. The van der Waals surface area contributed by atoms with E-state index in [-0.39, 0.29) is 17.1 Å². The van der Waals surface area contributed by atoms with Crippen molar-refractivity contribution in [2.45, 2.75) is 39.7 Å². The third-order valence-electron chi connectivity index (χ3n) is 6.45. The average Bonchev–Trinajstić information content (AvgIpc) is 3.20. The van der Waals surface area contributed by atoms with Crippen LogP contribution in [0.1, 0.15) is 54.2 Å². The van der Waals surface area contributed by atoms with E-state index in [1.54, 1.807) is 18.0 Å². The standard InChI is InChI=1S/C27H28N4O3/c1-16-6-5-7-18(12-16)29-26(33)20-15-28-31-24(17-8-10-19(34-4)11-9-17)23-21(30-25(20)31)13-27(2,3)14-22(23)32/h5-12,15,24,30H,13-14H2,1-4H3,(H,29,33). The van der Waals surface area contributed by atoms with Crippen molar-refractivity contribution in [2.24, 2.45) is 5.41 Å². The van der Waals surface area contributed by atoms with Crippen molar-refractivity contribution in [3.63, 3.8) is 0 Å². The van der Waals surface area contributed by atoms with Crippen LogP contribution in [0, 0.1) is 12.3 Å². The number of amides is 1. The van der Waals surface area contributed by atoms with Gasteiger partial charge in [-0.1, -0.05) is 38.1 Å². The molecular weight excluding hydrogens is 428 g/mol. The van der Waals surface area contributed by atoms with Crippen molar-refractivity contribution >= 4 is 23.2 Å². The summed E-state index contributed by atoms with van der Waals surface area (Å²) in [7, 11) is 1.62. The van der Waals surface area contributed by atoms with Gasteiger partial charge in [-0.3, -0.25) is 9.59 Å². The first-order valence-corrected chi connectivity index (χ1v) is 11.4. The monoisotopic (exact) mass is 456 g/mol. The number of nitrogens with zero attached hydrogens (tertiary/aromatic N) is 2. The van der Waals surface area contributed by atoms with Crippen LogP contribution in [0.25, 0.3) is 0 Å². The number of allylic oxidation sites excluding steroid dienone is 2. The topological polar surface area (TPSA) is 85.2 Å². The van der Waals surface area contributed by atoms with Gasteiger partial charge in [-0.05, 0) is 54.2 Å². The molecule has 0 saturated heterocycles. The lowest BCUT2D eigenvalue weighted by molar-refractivity contribution is -0.118. The molecule has 34 heavy (non-hydrogen) atoms. The largest absolute Gasteiger partial charge is 0.497 e. The average molecular weight is 457 g/mol. The summed E-state index contributed by atoms with van der Waals surface area (Å²) in [6, 6.07) is 14.9. The van der Waals surface area contributed by atoms with Gasteiger partial charge in [0.1, 0.15) is 23.2 Å². The van der Waals surface area contributed by atoms with E-state index in [1.807, 2.05) is 55.5 Å². The first kappa shape index (κ1) is 21.9. The van der Waals surface area contributed by atoms with Gasteiger partial charge < -0.3 is 15.4 Å². The van der Waals surface area contributed by atoms with Gasteiger partial charge >= 0.3 is 0 Å². The molecule has 2 heterocycles. The molecule has 174 valence electrons. The fourth-order valence-corrected chi connectivity index (χ4v) is 4.89. The maximum absolute atomic E-state index is 13.3. The number of carbonyl (C=O) groups excluding carboxylic acids is 2. The number of ketones is 1. The number of carbonyl (C=O) groups is 2. The molecule has 1 atom stereocenters. The van der Waals surface area contributed by atoms with Gasteiger partial charge in [0.25, 0.3) is 5.91 Å². The van der Waals surface area contributed by atoms with Crippen molar-refractivity contribution in [1.82, 2.24) is 9.78 Å². The van der Waals surface area contributed by atoms with Crippen LogP contribution in [0.2, 0.25) is 0 Å². The van der Waals surface area contributed by atoms with E-state index >= 15 is 0 Å². The highest BCUT2D eigenvalue weighted by Gasteiger charge is 2.42. The van der Waals surface area contributed by atoms with Crippen LogP contribution < -0.4 is 15.4 Å².